The van der Waals surface area contributed by atoms with Crippen LogP contribution in [0.15, 0.2) is 77.3 Å². The van der Waals surface area contributed by atoms with Crippen LogP contribution >= 0.6 is 0 Å². The van der Waals surface area contributed by atoms with Crippen molar-refractivity contribution in [3.8, 4) is 11.5 Å². The van der Waals surface area contributed by atoms with Gasteiger partial charge < -0.3 is 18.9 Å². The van der Waals surface area contributed by atoms with Gasteiger partial charge in [-0.3, -0.25) is 0 Å². The smallest absolute Gasteiger partial charge is 0.161 e. The van der Waals surface area contributed by atoms with Crippen LogP contribution in [0.3, 0.4) is 0 Å². The van der Waals surface area contributed by atoms with Crippen LogP contribution in [-0.2, 0) is 0 Å². The fourth-order valence-electron chi connectivity index (χ4n) is 4.83. The Labute approximate surface area is 199 Å². The van der Waals surface area contributed by atoms with Gasteiger partial charge in [0.25, 0.3) is 0 Å². The van der Waals surface area contributed by atoms with Crippen LogP contribution in [0.5, 0.6) is 11.5 Å². The third-order valence-electron chi connectivity index (χ3n) is 6.68. The van der Waals surface area contributed by atoms with Gasteiger partial charge in [0, 0.05) is 29.8 Å². The van der Waals surface area contributed by atoms with Crippen LogP contribution in [0, 0.1) is 5.82 Å². The van der Waals surface area contributed by atoms with E-state index in [9.17, 15) is 4.39 Å². The van der Waals surface area contributed by atoms with Crippen molar-refractivity contribution in [1.29, 1.82) is 0 Å². The van der Waals surface area contributed by atoms with Crippen LogP contribution in [0.1, 0.15) is 36.0 Å². The standard InChI is InChI=1S/C28H29FN2O3/c1-32-26-9-5-6-10-27(26)33-19-22(20-7-3-2-4-8-20)18-31-15-13-21(14-16-31)28-24-12-11-23(29)17-25(24)30-34-28/h2-12,17,21-22H,13-16,18-19H2,1H3. The second-order valence-corrected chi connectivity index (χ2v) is 8.85. The van der Waals surface area contributed by atoms with Crippen molar-refractivity contribution < 1.29 is 18.4 Å². The lowest BCUT2D eigenvalue weighted by Gasteiger charge is -2.33. The van der Waals surface area contributed by atoms with E-state index in [0.717, 1.165) is 55.1 Å². The fraction of sp³-hybridized carbons (Fsp3) is 0.321. The van der Waals surface area contributed by atoms with Gasteiger partial charge in [0.15, 0.2) is 11.5 Å². The first kappa shape index (κ1) is 22.4. The van der Waals surface area contributed by atoms with Gasteiger partial charge in [0.1, 0.15) is 17.1 Å². The first-order valence-corrected chi connectivity index (χ1v) is 11.8. The van der Waals surface area contributed by atoms with E-state index in [4.69, 9.17) is 14.0 Å². The molecule has 5 rings (SSSR count). The summed E-state index contributed by atoms with van der Waals surface area (Å²) in [5.74, 6) is 2.63. The molecule has 0 bridgehead atoms. The zero-order chi connectivity index (χ0) is 23.3. The molecule has 0 radical (unpaired) electrons. The van der Waals surface area contributed by atoms with Crippen molar-refractivity contribution in [2.75, 3.05) is 33.4 Å². The van der Waals surface area contributed by atoms with Gasteiger partial charge in [-0.05, 0) is 55.8 Å². The molecule has 1 aliphatic heterocycles. The van der Waals surface area contributed by atoms with Crippen molar-refractivity contribution in [2.24, 2.45) is 0 Å². The molecular formula is C28H29FN2O3. The molecular weight excluding hydrogens is 431 g/mol. The van der Waals surface area contributed by atoms with Crippen LogP contribution in [0.25, 0.3) is 10.9 Å². The number of ether oxygens (including phenoxy) is 2. The molecule has 0 amide bonds. The zero-order valence-corrected chi connectivity index (χ0v) is 19.3. The Morgan fingerprint density at radius 3 is 2.50 bits per heavy atom. The molecule has 1 saturated heterocycles. The summed E-state index contributed by atoms with van der Waals surface area (Å²) in [5, 5.41) is 5.00. The number of fused-ring (bicyclic) bond motifs is 1. The van der Waals surface area contributed by atoms with Crippen LogP contribution < -0.4 is 9.47 Å². The van der Waals surface area contributed by atoms with E-state index >= 15 is 0 Å². The molecule has 4 aromatic rings. The largest absolute Gasteiger partial charge is 0.493 e. The number of piperidine rings is 1. The maximum Gasteiger partial charge on any atom is 0.161 e. The second kappa shape index (κ2) is 10.3. The summed E-state index contributed by atoms with van der Waals surface area (Å²) < 4.78 is 30.8. The summed E-state index contributed by atoms with van der Waals surface area (Å²) in [6.07, 6.45) is 1.97. The Bertz CT molecular complexity index is 1220. The highest BCUT2D eigenvalue weighted by Crippen LogP contribution is 2.34. The van der Waals surface area contributed by atoms with Gasteiger partial charge in [-0.1, -0.05) is 47.6 Å². The predicted molar refractivity (Wildman–Crippen MR) is 130 cm³/mol. The van der Waals surface area contributed by atoms with Crippen LogP contribution in [-0.4, -0.2) is 43.4 Å². The Hall–Kier alpha value is -3.38. The molecule has 3 aromatic carbocycles. The maximum atomic E-state index is 13.5. The number of hydrogen-bond acceptors (Lipinski definition) is 5. The van der Waals surface area contributed by atoms with E-state index in [1.54, 1.807) is 13.2 Å². The maximum absolute atomic E-state index is 13.5. The number of aromatic nitrogens is 1. The summed E-state index contributed by atoms with van der Waals surface area (Å²) in [6.45, 7) is 3.41. The molecule has 1 fully saturated rings. The second-order valence-electron chi connectivity index (χ2n) is 8.85. The highest BCUT2D eigenvalue weighted by Gasteiger charge is 2.27. The van der Waals surface area contributed by atoms with Gasteiger partial charge in [-0.15, -0.1) is 0 Å². The topological polar surface area (TPSA) is 47.7 Å². The van der Waals surface area contributed by atoms with Gasteiger partial charge in [0.2, 0.25) is 0 Å². The molecule has 6 heteroatoms. The predicted octanol–water partition coefficient (Wildman–Crippen LogP) is 6.02. The number of methoxy groups -OCH3 is 1. The average molecular weight is 461 g/mol. The lowest BCUT2D eigenvalue weighted by molar-refractivity contribution is 0.167. The summed E-state index contributed by atoms with van der Waals surface area (Å²) in [6, 6.07) is 23.0. The van der Waals surface area contributed by atoms with Gasteiger partial charge in [0.05, 0.1) is 13.7 Å². The third-order valence-corrected chi connectivity index (χ3v) is 6.68. The van der Waals surface area contributed by atoms with Crippen molar-refractivity contribution in [3.05, 3.63) is 89.9 Å². The van der Waals surface area contributed by atoms with Crippen molar-refractivity contribution in [2.45, 2.75) is 24.7 Å². The molecule has 1 aromatic heterocycles. The highest BCUT2D eigenvalue weighted by atomic mass is 19.1. The lowest BCUT2D eigenvalue weighted by Crippen LogP contribution is -2.37. The summed E-state index contributed by atoms with van der Waals surface area (Å²) in [7, 11) is 1.66. The molecule has 34 heavy (non-hydrogen) atoms. The Morgan fingerprint density at radius 1 is 1.00 bits per heavy atom. The van der Waals surface area contributed by atoms with Crippen molar-refractivity contribution in [1.82, 2.24) is 10.1 Å². The number of hydrogen-bond donors (Lipinski definition) is 0. The first-order chi connectivity index (χ1) is 16.7. The molecule has 0 N–H and O–H groups in total. The Kier molecular flexibility index (Phi) is 6.77. The van der Waals surface area contributed by atoms with Crippen LogP contribution in [0.4, 0.5) is 4.39 Å². The molecule has 5 nitrogen and oxygen atoms in total. The van der Waals surface area contributed by atoms with Crippen LogP contribution in [0.2, 0.25) is 0 Å². The number of para-hydroxylation sites is 2. The highest BCUT2D eigenvalue weighted by molar-refractivity contribution is 5.80. The average Bonchev–Trinajstić information content (AvgIpc) is 3.30. The minimum absolute atomic E-state index is 0.233. The quantitative estimate of drug-likeness (QED) is 0.322. The first-order valence-electron chi connectivity index (χ1n) is 11.8. The van der Waals surface area contributed by atoms with E-state index in [-0.39, 0.29) is 11.7 Å². The monoisotopic (exact) mass is 460 g/mol. The molecule has 176 valence electrons. The van der Waals surface area contributed by atoms with E-state index in [0.29, 0.717) is 18.0 Å². The molecule has 0 aliphatic carbocycles. The Morgan fingerprint density at radius 2 is 1.74 bits per heavy atom. The van der Waals surface area contributed by atoms with Gasteiger partial charge >= 0.3 is 0 Å². The number of benzene rings is 3. The normalized spacial score (nSPS) is 15.9. The van der Waals surface area contributed by atoms with E-state index < -0.39 is 0 Å². The SMILES string of the molecule is COc1ccccc1OCC(CN1CCC(c2onc3cc(F)ccc23)CC1)c1ccccc1. The van der Waals surface area contributed by atoms with Gasteiger partial charge in [-0.2, -0.15) is 0 Å². The Balaban J connectivity index is 1.25. The number of halogens is 1. The number of likely N-dealkylation sites (tertiary alicyclic amines) is 1. The molecule has 2 heterocycles. The van der Waals surface area contributed by atoms with Crippen molar-refractivity contribution >= 4 is 10.9 Å². The number of rotatable bonds is 8. The van der Waals surface area contributed by atoms with Crippen molar-refractivity contribution in [3.63, 3.8) is 0 Å². The summed E-state index contributed by atoms with van der Waals surface area (Å²) in [4.78, 5) is 2.50. The minimum Gasteiger partial charge on any atom is -0.493 e. The third kappa shape index (κ3) is 4.92. The number of nitrogens with zero attached hydrogens (tertiary/aromatic N) is 2. The van der Waals surface area contributed by atoms with E-state index in [1.165, 1.54) is 17.7 Å². The molecule has 0 saturated carbocycles. The molecule has 0 spiro atoms. The minimum atomic E-state index is -0.288. The van der Waals surface area contributed by atoms with E-state index in [2.05, 4.69) is 34.3 Å². The summed E-state index contributed by atoms with van der Waals surface area (Å²) >= 11 is 0. The summed E-state index contributed by atoms with van der Waals surface area (Å²) in [5.41, 5.74) is 1.86. The fourth-order valence-corrected chi connectivity index (χ4v) is 4.83. The van der Waals surface area contributed by atoms with Gasteiger partial charge in [-0.25, -0.2) is 4.39 Å². The molecule has 1 aliphatic rings. The zero-order valence-electron chi connectivity index (χ0n) is 19.3. The lowest BCUT2D eigenvalue weighted by atomic mass is 9.91. The molecule has 1 unspecified atom stereocenters. The molecule has 1 atom stereocenters. The van der Waals surface area contributed by atoms with E-state index in [1.807, 2.05) is 30.3 Å².